The number of nitrogens with one attached hydrogen (secondary N) is 2. The van der Waals surface area contributed by atoms with Crippen LogP contribution in [0.4, 0.5) is 21.7 Å². The van der Waals surface area contributed by atoms with Crippen LogP contribution in [-0.2, 0) is 15.0 Å². The van der Waals surface area contributed by atoms with E-state index in [1.807, 2.05) is 0 Å². The summed E-state index contributed by atoms with van der Waals surface area (Å²) in [6, 6.07) is 2.40. The zero-order valence-corrected chi connectivity index (χ0v) is 17.6. The zero-order chi connectivity index (χ0) is 22.6. The molecule has 9 nitrogen and oxygen atoms in total. The molecular formula is C19H17ClFN5O4S. The van der Waals surface area contributed by atoms with Gasteiger partial charge in [0.15, 0.2) is 5.82 Å². The first kappa shape index (κ1) is 22.2. The highest BCUT2D eigenvalue weighted by atomic mass is 35.5. The molecule has 0 unspecified atom stereocenters. The van der Waals surface area contributed by atoms with Crippen LogP contribution >= 0.6 is 11.6 Å². The quantitative estimate of drug-likeness (QED) is 0.576. The number of benzene rings is 1. The van der Waals surface area contributed by atoms with Gasteiger partial charge in [0.05, 0.1) is 17.4 Å². The van der Waals surface area contributed by atoms with E-state index >= 15 is 4.39 Å². The number of amides is 1. The van der Waals surface area contributed by atoms with Crippen molar-refractivity contribution >= 4 is 45.0 Å². The lowest BCUT2D eigenvalue weighted by atomic mass is 10.2. The highest BCUT2D eigenvalue weighted by Crippen LogP contribution is 2.38. The van der Waals surface area contributed by atoms with Crippen molar-refractivity contribution in [2.45, 2.75) is 0 Å². The molecule has 2 N–H and O–H groups in total. The maximum atomic E-state index is 15.1. The van der Waals surface area contributed by atoms with E-state index in [2.05, 4.69) is 28.4 Å². The van der Waals surface area contributed by atoms with E-state index < -0.39 is 34.2 Å². The molecule has 0 bridgehead atoms. The maximum absolute atomic E-state index is 15.1. The van der Waals surface area contributed by atoms with Crippen LogP contribution in [-0.4, -0.2) is 37.4 Å². The Morgan fingerprint density at radius 2 is 2.06 bits per heavy atom. The summed E-state index contributed by atoms with van der Waals surface area (Å²) in [4.78, 5) is 19.6. The second-order valence-electron chi connectivity index (χ2n) is 6.16. The molecule has 2 heterocycles. The number of hydrogen-bond donors (Lipinski definition) is 2. The second kappa shape index (κ2) is 9.14. The molecule has 31 heavy (non-hydrogen) atoms. The molecule has 1 fully saturated rings. The van der Waals surface area contributed by atoms with E-state index in [0.29, 0.717) is 14.9 Å². The Morgan fingerprint density at radius 3 is 2.65 bits per heavy atom. The van der Waals surface area contributed by atoms with Gasteiger partial charge in [0.25, 0.3) is 5.91 Å². The molecule has 12 heteroatoms. The van der Waals surface area contributed by atoms with E-state index in [1.165, 1.54) is 30.6 Å². The molecule has 0 atom stereocenters. The van der Waals surface area contributed by atoms with E-state index in [9.17, 15) is 13.2 Å². The van der Waals surface area contributed by atoms with Gasteiger partial charge in [-0.2, -0.15) is 8.42 Å². The van der Waals surface area contributed by atoms with Crippen LogP contribution in [0.25, 0.3) is 0 Å². The molecule has 0 saturated carbocycles. The normalized spacial score (nSPS) is 15.4. The van der Waals surface area contributed by atoms with Crippen molar-refractivity contribution < 1.29 is 22.3 Å². The minimum absolute atomic E-state index is 0.0574. The first-order valence-electron chi connectivity index (χ1n) is 8.71. The van der Waals surface area contributed by atoms with Gasteiger partial charge in [0.2, 0.25) is 5.95 Å². The van der Waals surface area contributed by atoms with Crippen LogP contribution in [0, 0.1) is 5.82 Å². The summed E-state index contributed by atoms with van der Waals surface area (Å²) in [5, 5.41) is 3.10. The number of aromatic nitrogens is 2. The van der Waals surface area contributed by atoms with Crippen molar-refractivity contribution in [2.75, 3.05) is 22.8 Å². The minimum atomic E-state index is -4.26. The summed E-state index contributed by atoms with van der Waals surface area (Å²) >= 11 is 5.76. The largest absolute Gasteiger partial charge is 0.487 e. The van der Waals surface area contributed by atoms with Crippen LogP contribution in [0.3, 0.4) is 0 Å². The van der Waals surface area contributed by atoms with Gasteiger partial charge in [0, 0.05) is 11.8 Å². The summed E-state index contributed by atoms with van der Waals surface area (Å²) in [5.41, 5.74) is 0.379. The third-order valence-electron chi connectivity index (χ3n) is 3.96. The number of allylic oxidation sites excluding steroid dienone is 2. The number of nitrogens with zero attached hydrogens (tertiary/aromatic N) is 3. The number of hydrogen-bond acceptors (Lipinski definition) is 7. The van der Waals surface area contributed by atoms with Crippen molar-refractivity contribution in [3.05, 3.63) is 72.3 Å². The van der Waals surface area contributed by atoms with E-state index in [-0.39, 0.29) is 24.0 Å². The molecule has 1 amide bonds. The third-order valence-corrected chi connectivity index (χ3v) is 5.54. The summed E-state index contributed by atoms with van der Waals surface area (Å²) < 4.78 is 47.7. The average Bonchev–Trinajstić information content (AvgIpc) is 2.98. The highest BCUT2D eigenvalue weighted by molar-refractivity contribution is 7.92. The fourth-order valence-electron chi connectivity index (χ4n) is 2.64. The zero-order valence-electron chi connectivity index (χ0n) is 16.0. The lowest BCUT2D eigenvalue weighted by molar-refractivity contribution is -0.117. The van der Waals surface area contributed by atoms with Gasteiger partial charge in [-0.15, -0.1) is 0 Å². The summed E-state index contributed by atoms with van der Waals surface area (Å²) in [7, 11) is -4.26. The first-order valence-corrected chi connectivity index (χ1v) is 10.5. The SMILES string of the molecule is C=C/C=C(\C=C)COc1cc(Nc2ncc(Cl)cn2)cc(F)c1N1CC(=O)NS1(=O)=O. The van der Waals surface area contributed by atoms with Gasteiger partial charge in [-0.3, -0.25) is 4.79 Å². The predicted octanol–water partition coefficient (Wildman–Crippen LogP) is 2.87. The number of carbonyl (C=O) groups is 1. The lowest BCUT2D eigenvalue weighted by Gasteiger charge is -2.21. The van der Waals surface area contributed by atoms with Gasteiger partial charge in [0.1, 0.15) is 24.6 Å². The van der Waals surface area contributed by atoms with Crippen LogP contribution in [0.2, 0.25) is 5.02 Å². The third kappa shape index (κ3) is 5.19. The molecule has 1 aromatic heterocycles. The topological polar surface area (TPSA) is 114 Å². The van der Waals surface area contributed by atoms with E-state index in [1.54, 1.807) is 10.8 Å². The summed E-state index contributed by atoms with van der Waals surface area (Å²) in [6.07, 6.45) is 7.36. The number of carbonyl (C=O) groups excluding carboxylic acids is 1. The fraction of sp³-hybridized carbons (Fsp3) is 0.105. The van der Waals surface area contributed by atoms with Gasteiger partial charge >= 0.3 is 10.2 Å². The first-order chi connectivity index (χ1) is 14.7. The molecule has 1 aliphatic rings. The molecule has 0 aliphatic carbocycles. The number of anilines is 3. The van der Waals surface area contributed by atoms with Gasteiger partial charge in [-0.1, -0.05) is 43.0 Å². The molecule has 1 aromatic carbocycles. The Kier molecular flexibility index (Phi) is 6.56. The van der Waals surface area contributed by atoms with Crippen molar-refractivity contribution in [2.24, 2.45) is 0 Å². The number of ether oxygens (including phenoxy) is 1. The molecule has 3 rings (SSSR count). The lowest BCUT2D eigenvalue weighted by Crippen LogP contribution is -2.30. The maximum Gasteiger partial charge on any atom is 0.326 e. The number of halogens is 2. The van der Waals surface area contributed by atoms with Crippen molar-refractivity contribution in [3.8, 4) is 5.75 Å². The van der Waals surface area contributed by atoms with Crippen LogP contribution < -0.4 is 19.1 Å². The fourth-order valence-corrected chi connectivity index (χ4v) is 3.90. The van der Waals surface area contributed by atoms with E-state index in [4.69, 9.17) is 16.3 Å². The highest BCUT2D eigenvalue weighted by Gasteiger charge is 2.37. The standard InChI is InChI=1S/C19H17ClFN5O4S/c1-3-5-12(4-2)11-30-16-7-14(24-19-22-8-13(20)9-23-19)6-15(21)18(16)26-10-17(27)25-31(26,28)29/h3-9H,1-2,10-11H2,(H,25,27)(H,22,23,24)/b12-5+. The smallest absolute Gasteiger partial charge is 0.326 e. The monoisotopic (exact) mass is 465 g/mol. The Hall–Kier alpha value is -3.44. The molecule has 2 aromatic rings. The van der Waals surface area contributed by atoms with Crippen LogP contribution in [0.1, 0.15) is 0 Å². The molecule has 0 radical (unpaired) electrons. The van der Waals surface area contributed by atoms with Gasteiger partial charge in [-0.25, -0.2) is 23.4 Å². The van der Waals surface area contributed by atoms with E-state index in [0.717, 1.165) is 6.07 Å². The van der Waals surface area contributed by atoms with Gasteiger partial charge in [-0.05, 0) is 11.6 Å². The minimum Gasteiger partial charge on any atom is -0.487 e. The molecule has 162 valence electrons. The Bertz CT molecular complexity index is 1170. The van der Waals surface area contributed by atoms with Crippen LogP contribution in [0.15, 0.2) is 61.5 Å². The molecule has 0 spiro atoms. The summed E-state index contributed by atoms with van der Waals surface area (Å²) in [5.74, 6) is -1.73. The van der Waals surface area contributed by atoms with Crippen molar-refractivity contribution in [3.63, 3.8) is 0 Å². The predicted molar refractivity (Wildman–Crippen MR) is 115 cm³/mol. The Morgan fingerprint density at radius 1 is 1.35 bits per heavy atom. The van der Waals surface area contributed by atoms with Gasteiger partial charge < -0.3 is 10.1 Å². The number of rotatable bonds is 8. The second-order valence-corrected chi connectivity index (χ2v) is 8.19. The van der Waals surface area contributed by atoms with Crippen molar-refractivity contribution in [1.82, 2.24) is 14.7 Å². The summed E-state index contributed by atoms with van der Waals surface area (Å²) in [6.45, 7) is 6.60. The van der Waals surface area contributed by atoms with Crippen LogP contribution in [0.5, 0.6) is 5.75 Å². The average molecular weight is 466 g/mol. The molecular weight excluding hydrogens is 449 g/mol. The Balaban J connectivity index is 2.03. The van der Waals surface area contributed by atoms with Crippen molar-refractivity contribution in [1.29, 1.82) is 0 Å². The molecule has 1 saturated heterocycles. The Labute approximate surface area is 183 Å². The molecule has 1 aliphatic heterocycles.